The van der Waals surface area contributed by atoms with Crippen molar-refractivity contribution >= 4 is 0 Å². The molecule has 3 N–H and O–H groups in total. The zero-order valence-electron chi connectivity index (χ0n) is 10.2. The van der Waals surface area contributed by atoms with E-state index in [2.05, 4.69) is 0 Å². The Morgan fingerprint density at radius 2 is 1.82 bits per heavy atom. The number of nitrogens with two attached hydrogens (primary N) is 1. The van der Waals surface area contributed by atoms with Gasteiger partial charge in [0.2, 0.25) is 5.75 Å². The van der Waals surface area contributed by atoms with E-state index in [1.54, 1.807) is 27.4 Å². The monoisotopic (exact) mass is 239 g/mol. The van der Waals surface area contributed by atoms with Gasteiger partial charge < -0.3 is 25.1 Å². The summed E-state index contributed by atoms with van der Waals surface area (Å²) in [7, 11) is 4.66. The molecule has 0 amide bonds. The predicted octanol–water partition coefficient (Wildman–Crippen LogP) is 0.629. The van der Waals surface area contributed by atoms with E-state index in [9.17, 15) is 5.11 Å². The van der Waals surface area contributed by atoms with Crippen molar-refractivity contribution in [2.75, 3.05) is 21.3 Å². The Hall–Kier alpha value is -1.46. The summed E-state index contributed by atoms with van der Waals surface area (Å²) in [6.45, 7) is 0. The van der Waals surface area contributed by atoms with E-state index in [4.69, 9.17) is 19.9 Å². The summed E-state index contributed by atoms with van der Waals surface area (Å²) >= 11 is 0. The average molecular weight is 239 g/mol. The first kappa shape index (κ1) is 12.0. The van der Waals surface area contributed by atoms with Gasteiger partial charge in [0.1, 0.15) is 0 Å². The Morgan fingerprint density at radius 1 is 1.18 bits per heavy atom. The third-order valence-electron chi connectivity index (χ3n) is 3.13. The van der Waals surface area contributed by atoms with Crippen molar-refractivity contribution in [3.63, 3.8) is 0 Å². The number of hydrogen-bond acceptors (Lipinski definition) is 5. The zero-order chi connectivity index (χ0) is 12.6. The van der Waals surface area contributed by atoms with Gasteiger partial charge in [-0.15, -0.1) is 0 Å². The van der Waals surface area contributed by atoms with Crippen LogP contribution in [0, 0.1) is 0 Å². The molecule has 2 atom stereocenters. The molecule has 0 heterocycles. The highest BCUT2D eigenvalue weighted by Crippen LogP contribution is 2.47. The molecule has 0 bridgehead atoms. The van der Waals surface area contributed by atoms with Crippen LogP contribution >= 0.6 is 0 Å². The maximum atomic E-state index is 9.98. The lowest BCUT2D eigenvalue weighted by atomic mass is 10.1. The summed E-state index contributed by atoms with van der Waals surface area (Å²) in [6.07, 6.45) is -0.112. The number of aliphatic hydroxyl groups is 1. The summed E-state index contributed by atoms with van der Waals surface area (Å²) in [5.41, 5.74) is 7.50. The first-order valence-corrected chi connectivity index (χ1v) is 5.39. The Kier molecular flexibility index (Phi) is 3.13. The molecule has 1 aliphatic carbocycles. The van der Waals surface area contributed by atoms with Gasteiger partial charge in [0.15, 0.2) is 11.5 Å². The van der Waals surface area contributed by atoms with E-state index in [0.717, 1.165) is 11.1 Å². The summed E-state index contributed by atoms with van der Waals surface area (Å²) in [4.78, 5) is 0. The molecule has 0 aromatic heterocycles. The van der Waals surface area contributed by atoms with Crippen LogP contribution in [0.25, 0.3) is 0 Å². The fourth-order valence-corrected chi connectivity index (χ4v) is 2.29. The minimum Gasteiger partial charge on any atom is -0.493 e. The number of benzene rings is 1. The van der Waals surface area contributed by atoms with E-state index in [0.29, 0.717) is 23.7 Å². The van der Waals surface area contributed by atoms with Gasteiger partial charge >= 0.3 is 0 Å². The maximum Gasteiger partial charge on any atom is 0.203 e. The number of rotatable bonds is 3. The Labute approximate surface area is 100 Å². The van der Waals surface area contributed by atoms with Crippen molar-refractivity contribution in [2.24, 2.45) is 5.73 Å². The van der Waals surface area contributed by atoms with Crippen LogP contribution in [0.5, 0.6) is 17.2 Å². The second-order valence-electron chi connectivity index (χ2n) is 4.03. The highest BCUT2D eigenvalue weighted by Gasteiger charge is 2.34. The quantitative estimate of drug-likeness (QED) is 0.809. The lowest BCUT2D eigenvalue weighted by Crippen LogP contribution is -2.24. The molecule has 0 spiro atoms. The van der Waals surface area contributed by atoms with Gasteiger partial charge in [0.25, 0.3) is 0 Å². The standard InChI is InChI=1S/C12H17NO4/c1-15-9-5-6-7(4-8(13)10(6)14)11(16-2)12(9)17-3/h5,8,10,14H,4,13H2,1-3H3. The first-order chi connectivity index (χ1) is 8.13. The van der Waals surface area contributed by atoms with E-state index >= 15 is 0 Å². The molecular formula is C12H17NO4. The van der Waals surface area contributed by atoms with Gasteiger partial charge in [0, 0.05) is 11.6 Å². The van der Waals surface area contributed by atoms with Gasteiger partial charge in [-0.3, -0.25) is 0 Å². The normalized spacial score (nSPS) is 22.2. The number of aliphatic hydroxyl groups excluding tert-OH is 1. The molecule has 2 rings (SSSR count). The van der Waals surface area contributed by atoms with Crippen LogP contribution in [0.15, 0.2) is 6.07 Å². The molecule has 1 aliphatic rings. The Morgan fingerprint density at radius 3 is 2.35 bits per heavy atom. The number of fused-ring (bicyclic) bond motifs is 1. The van der Waals surface area contributed by atoms with Crippen molar-refractivity contribution in [1.82, 2.24) is 0 Å². The van der Waals surface area contributed by atoms with E-state index < -0.39 is 6.10 Å². The molecule has 1 aromatic carbocycles. The third-order valence-corrected chi connectivity index (χ3v) is 3.13. The lowest BCUT2D eigenvalue weighted by Gasteiger charge is -2.16. The fraction of sp³-hybridized carbons (Fsp3) is 0.500. The lowest BCUT2D eigenvalue weighted by molar-refractivity contribution is 0.159. The highest BCUT2D eigenvalue weighted by molar-refractivity contribution is 5.61. The zero-order valence-corrected chi connectivity index (χ0v) is 10.2. The highest BCUT2D eigenvalue weighted by atomic mass is 16.5. The van der Waals surface area contributed by atoms with Crippen LogP contribution in [0.3, 0.4) is 0 Å². The van der Waals surface area contributed by atoms with Crippen molar-refractivity contribution in [1.29, 1.82) is 0 Å². The number of ether oxygens (including phenoxy) is 3. The second-order valence-corrected chi connectivity index (χ2v) is 4.03. The fourth-order valence-electron chi connectivity index (χ4n) is 2.29. The summed E-state index contributed by atoms with van der Waals surface area (Å²) in [5.74, 6) is 1.67. The van der Waals surface area contributed by atoms with Gasteiger partial charge in [0.05, 0.1) is 27.4 Å². The molecule has 0 saturated heterocycles. The minimum absolute atomic E-state index is 0.310. The molecule has 5 nitrogen and oxygen atoms in total. The summed E-state index contributed by atoms with van der Waals surface area (Å²) < 4.78 is 15.9. The van der Waals surface area contributed by atoms with Crippen LogP contribution in [-0.4, -0.2) is 32.5 Å². The van der Waals surface area contributed by atoms with Crippen LogP contribution in [0.1, 0.15) is 17.2 Å². The van der Waals surface area contributed by atoms with Crippen LogP contribution in [-0.2, 0) is 6.42 Å². The number of methoxy groups -OCH3 is 3. The van der Waals surface area contributed by atoms with Gasteiger partial charge in [-0.1, -0.05) is 0 Å². The van der Waals surface area contributed by atoms with E-state index in [1.807, 2.05) is 0 Å². The predicted molar refractivity (Wildman–Crippen MR) is 62.7 cm³/mol. The minimum atomic E-state index is -0.682. The Balaban J connectivity index is 2.64. The second kappa shape index (κ2) is 4.43. The number of hydrogen-bond donors (Lipinski definition) is 2. The third kappa shape index (κ3) is 1.71. The van der Waals surface area contributed by atoms with Crippen molar-refractivity contribution in [2.45, 2.75) is 18.6 Å². The molecule has 0 fully saturated rings. The summed E-state index contributed by atoms with van der Waals surface area (Å²) in [5, 5.41) is 9.98. The van der Waals surface area contributed by atoms with Gasteiger partial charge in [-0.25, -0.2) is 0 Å². The topological polar surface area (TPSA) is 73.9 Å². The van der Waals surface area contributed by atoms with Crippen LogP contribution < -0.4 is 19.9 Å². The maximum absolute atomic E-state index is 9.98. The van der Waals surface area contributed by atoms with Crippen molar-refractivity contribution in [3.05, 3.63) is 17.2 Å². The molecule has 1 aromatic rings. The Bertz CT molecular complexity index is 433. The molecule has 2 unspecified atom stereocenters. The first-order valence-electron chi connectivity index (χ1n) is 5.39. The van der Waals surface area contributed by atoms with Crippen LogP contribution in [0.4, 0.5) is 0 Å². The van der Waals surface area contributed by atoms with E-state index in [1.165, 1.54) is 0 Å². The van der Waals surface area contributed by atoms with Gasteiger partial charge in [-0.05, 0) is 18.1 Å². The van der Waals surface area contributed by atoms with Gasteiger partial charge in [-0.2, -0.15) is 0 Å². The molecule has 0 radical (unpaired) electrons. The molecule has 94 valence electrons. The largest absolute Gasteiger partial charge is 0.493 e. The molecule has 0 saturated carbocycles. The van der Waals surface area contributed by atoms with Crippen molar-refractivity contribution < 1.29 is 19.3 Å². The molecule has 5 heteroatoms. The van der Waals surface area contributed by atoms with Crippen LogP contribution in [0.2, 0.25) is 0 Å². The van der Waals surface area contributed by atoms with E-state index in [-0.39, 0.29) is 6.04 Å². The molecular weight excluding hydrogens is 222 g/mol. The average Bonchev–Trinajstić information content (AvgIpc) is 2.63. The molecule has 17 heavy (non-hydrogen) atoms. The SMILES string of the molecule is COc1cc2c(c(OC)c1OC)CC(N)C2O. The molecule has 0 aliphatic heterocycles. The van der Waals surface area contributed by atoms with Crippen molar-refractivity contribution in [3.8, 4) is 17.2 Å². The summed E-state index contributed by atoms with van der Waals surface area (Å²) in [6, 6.07) is 1.45. The smallest absolute Gasteiger partial charge is 0.203 e.